The van der Waals surface area contributed by atoms with Crippen LogP contribution in [0.3, 0.4) is 0 Å². The highest BCUT2D eigenvalue weighted by atomic mass is 32.1. The number of nitrogens with one attached hydrogen (secondary N) is 3. The molecule has 3 aromatic heterocycles. The molecule has 188 valence electrons. The molecule has 0 aliphatic carbocycles. The van der Waals surface area contributed by atoms with Crippen LogP contribution >= 0.6 is 22.7 Å². The fourth-order valence-corrected chi connectivity index (χ4v) is 5.18. The van der Waals surface area contributed by atoms with E-state index >= 15 is 0 Å². The molecular formula is C22H19F3N6O3S2. The Bertz CT molecular complexity index is 1420. The number of fused-ring (bicyclic) bond motifs is 1. The number of aryl methyl sites for hydroxylation is 1. The number of methoxy groups -OCH3 is 1. The number of anilines is 3. The van der Waals surface area contributed by atoms with Crippen LogP contribution in [-0.2, 0) is 17.3 Å². The second-order valence-corrected chi connectivity index (χ2v) is 9.53. The third kappa shape index (κ3) is 5.71. The molecule has 3 heterocycles. The second kappa shape index (κ2) is 10.5. The fourth-order valence-electron chi connectivity index (χ4n) is 3.31. The van der Waals surface area contributed by atoms with Crippen LogP contribution in [0.4, 0.5) is 34.6 Å². The van der Waals surface area contributed by atoms with Crippen molar-refractivity contribution in [3.63, 3.8) is 0 Å². The number of hydrogen-bond donors (Lipinski definition) is 3. The predicted octanol–water partition coefficient (Wildman–Crippen LogP) is 5.56. The zero-order chi connectivity index (χ0) is 25.9. The molecule has 0 unspecified atom stereocenters. The normalized spacial score (nSPS) is 11.4. The standard InChI is InChI=1S/C22H19F3N6O3S2/c1-11-15-17(28-10-29-18(15)36-16(11)19(32)34-2)26-7-6-14-9-27-21(35-14)31-20(33)30-13-5-3-4-12(8-13)22(23,24)25/h3-5,8-10H,6-7H2,1-2H3,(H,26,28,29)(H2,27,30,31,33). The van der Waals surface area contributed by atoms with Gasteiger partial charge in [0.1, 0.15) is 21.9 Å². The van der Waals surface area contributed by atoms with E-state index in [0.29, 0.717) is 33.6 Å². The van der Waals surface area contributed by atoms with Crippen molar-refractivity contribution in [2.75, 3.05) is 29.6 Å². The van der Waals surface area contributed by atoms with E-state index in [1.807, 2.05) is 6.92 Å². The van der Waals surface area contributed by atoms with Crippen LogP contribution in [0.15, 0.2) is 36.8 Å². The molecule has 3 N–H and O–H groups in total. The Balaban J connectivity index is 1.34. The van der Waals surface area contributed by atoms with Crippen molar-refractivity contribution in [1.82, 2.24) is 15.0 Å². The number of thiazole rings is 1. The third-order valence-electron chi connectivity index (χ3n) is 4.98. The van der Waals surface area contributed by atoms with Gasteiger partial charge in [0, 0.05) is 29.7 Å². The largest absolute Gasteiger partial charge is 0.465 e. The lowest BCUT2D eigenvalue weighted by molar-refractivity contribution is -0.137. The summed E-state index contributed by atoms with van der Waals surface area (Å²) in [4.78, 5) is 38.8. The number of halogens is 3. The van der Waals surface area contributed by atoms with Crippen LogP contribution in [0.5, 0.6) is 0 Å². The summed E-state index contributed by atoms with van der Waals surface area (Å²) in [6.45, 7) is 2.30. The lowest BCUT2D eigenvalue weighted by atomic mass is 10.2. The molecule has 2 amide bonds. The van der Waals surface area contributed by atoms with Gasteiger partial charge in [-0.1, -0.05) is 6.07 Å². The van der Waals surface area contributed by atoms with Crippen molar-refractivity contribution in [2.45, 2.75) is 19.5 Å². The SMILES string of the molecule is COC(=O)c1sc2ncnc(NCCc3cnc(NC(=O)Nc4cccc(C(F)(F)F)c4)s3)c2c1C. The second-order valence-electron chi connectivity index (χ2n) is 7.42. The number of esters is 1. The van der Waals surface area contributed by atoms with Gasteiger partial charge in [-0.2, -0.15) is 13.2 Å². The zero-order valence-electron chi connectivity index (χ0n) is 18.9. The maximum atomic E-state index is 12.8. The van der Waals surface area contributed by atoms with Gasteiger partial charge in [-0.25, -0.2) is 24.5 Å². The summed E-state index contributed by atoms with van der Waals surface area (Å²) in [5.74, 6) is 0.162. The molecule has 4 aromatic rings. The molecule has 0 aliphatic rings. The van der Waals surface area contributed by atoms with E-state index in [4.69, 9.17) is 4.74 Å². The van der Waals surface area contributed by atoms with Gasteiger partial charge in [-0.05, 0) is 30.7 Å². The molecule has 14 heteroatoms. The third-order valence-corrected chi connectivity index (χ3v) is 7.14. The van der Waals surface area contributed by atoms with Crippen molar-refractivity contribution in [2.24, 2.45) is 0 Å². The zero-order valence-corrected chi connectivity index (χ0v) is 20.5. The molecule has 0 saturated heterocycles. The van der Waals surface area contributed by atoms with E-state index in [2.05, 4.69) is 30.9 Å². The minimum Gasteiger partial charge on any atom is -0.465 e. The molecule has 0 aliphatic heterocycles. The Hall–Kier alpha value is -3.78. The summed E-state index contributed by atoms with van der Waals surface area (Å²) in [7, 11) is 1.32. The van der Waals surface area contributed by atoms with Gasteiger partial charge in [0.25, 0.3) is 0 Å². The average molecular weight is 537 g/mol. The number of rotatable bonds is 7. The number of thiophene rings is 1. The van der Waals surface area contributed by atoms with E-state index in [0.717, 1.165) is 28.0 Å². The van der Waals surface area contributed by atoms with E-state index in [1.165, 1.54) is 48.2 Å². The number of alkyl halides is 3. The Labute approximate surface area is 210 Å². The molecule has 9 nitrogen and oxygen atoms in total. The fraction of sp³-hybridized carbons (Fsp3) is 0.227. The Morgan fingerprint density at radius 2 is 1.92 bits per heavy atom. The van der Waals surface area contributed by atoms with Gasteiger partial charge in [-0.15, -0.1) is 22.7 Å². The molecule has 0 atom stereocenters. The first kappa shape index (κ1) is 25.3. The van der Waals surface area contributed by atoms with E-state index in [-0.39, 0.29) is 5.69 Å². The average Bonchev–Trinajstić information content (AvgIpc) is 3.42. The summed E-state index contributed by atoms with van der Waals surface area (Å²) in [5, 5.41) is 9.18. The number of benzene rings is 1. The first-order valence-corrected chi connectivity index (χ1v) is 12.0. The molecule has 0 bridgehead atoms. The van der Waals surface area contributed by atoms with Crippen molar-refractivity contribution in [3.05, 3.63) is 57.7 Å². The summed E-state index contributed by atoms with van der Waals surface area (Å²) >= 11 is 2.47. The minimum atomic E-state index is -4.50. The number of carbonyl (C=O) groups is 2. The van der Waals surface area contributed by atoms with Crippen LogP contribution in [0.2, 0.25) is 0 Å². The number of ether oxygens (including phenoxy) is 1. The summed E-state index contributed by atoms with van der Waals surface area (Å²) in [6, 6.07) is 3.65. The van der Waals surface area contributed by atoms with Gasteiger partial charge < -0.3 is 15.4 Å². The number of carbonyl (C=O) groups excluding carboxylic acids is 2. The minimum absolute atomic E-state index is 0.0125. The maximum Gasteiger partial charge on any atom is 0.416 e. The highest BCUT2D eigenvalue weighted by molar-refractivity contribution is 7.20. The quantitative estimate of drug-likeness (QED) is 0.265. The number of aromatic nitrogens is 3. The van der Waals surface area contributed by atoms with E-state index < -0.39 is 23.7 Å². The molecule has 0 saturated carbocycles. The number of nitrogens with zero attached hydrogens (tertiary/aromatic N) is 3. The summed E-state index contributed by atoms with van der Waals surface area (Å²) in [6.07, 6.45) is -0.921. The van der Waals surface area contributed by atoms with Gasteiger partial charge in [-0.3, -0.25) is 5.32 Å². The summed E-state index contributed by atoms with van der Waals surface area (Å²) in [5.41, 5.74) is -0.107. The molecule has 4 rings (SSSR count). The smallest absolute Gasteiger partial charge is 0.416 e. The summed E-state index contributed by atoms with van der Waals surface area (Å²) < 4.78 is 43.4. The monoisotopic (exact) mass is 536 g/mol. The molecular weight excluding hydrogens is 517 g/mol. The Morgan fingerprint density at radius 3 is 2.67 bits per heavy atom. The van der Waals surface area contributed by atoms with Crippen LogP contribution in [0.1, 0.15) is 25.7 Å². The van der Waals surface area contributed by atoms with Crippen LogP contribution in [-0.4, -0.2) is 40.6 Å². The molecule has 36 heavy (non-hydrogen) atoms. The van der Waals surface area contributed by atoms with Crippen LogP contribution in [0.25, 0.3) is 10.2 Å². The molecule has 0 fully saturated rings. The molecule has 1 aromatic carbocycles. The first-order valence-electron chi connectivity index (χ1n) is 10.4. The predicted molar refractivity (Wildman–Crippen MR) is 132 cm³/mol. The number of amides is 2. The Morgan fingerprint density at radius 1 is 1.11 bits per heavy atom. The van der Waals surface area contributed by atoms with Crippen molar-refractivity contribution in [3.8, 4) is 0 Å². The van der Waals surface area contributed by atoms with E-state index in [9.17, 15) is 22.8 Å². The van der Waals surface area contributed by atoms with Gasteiger partial charge in [0.05, 0.1) is 18.1 Å². The Kier molecular flexibility index (Phi) is 7.35. The lowest BCUT2D eigenvalue weighted by Gasteiger charge is -2.09. The van der Waals surface area contributed by atoms with Crippen molar-refractivity contribution in [1.29, 1.82) is 0 Å². The molecule has 0 radical (unpaired) electrons. The van der Waals surface area contributed by atoms with Crippen molar-refractivity contribution >= 4 is 61.5 Å². The van der Waals surface area contributed by atoms with Gasteiger partial charge >= 0.3 is 18.2 Å². The maximum absolute atomic E-state index is 12.8. The highest BCUT2D eigenvalue weighted by Gasteiger charge is 2.30. The highest BCUT2D eigenvalue weighted by Crippen LogP contribution is 2.34. The number of hydrogen-bond acceptors (Lipinski definition) is 9. The topological polar surface area (TPSA) is 118 Å². The first-order chi connectivity index (χ1) is 17.2. The van der Waals surface area contributed by atoms with Crippen LogP contribution in [0, 0.1) is 6.92 Å². The molecule has 0 spiro atoms. The van der Waals surface area contributed by atoms with Gasteiger partial charge in [0.2, 0.25) is 0 Å². The van der Waals surface area contributed by atoms with Crippen LogP contribution < -0.4 is 16.0 Å². The lowest BCUT2D eigenvalue weighted by Crippen LogP contribution is -2.19. The van der Waals surface area contributed by atoms with E-state index in [1.54, 1.807) is 6.20 Å². The number of urea groups is 1. The van der Waals surface area contributed by atoms with Crippen molar-refractivity contribution < 1.29 is 27.5 Å². The van der Waals surface area contributed by atoms with Gasteiger partial charge in [0.15, 0.2) is 5.13 Å².